The van der Waals surface area contributed by atoms with E-state index in [-0.39, 0.29) is 23.8 Å². The summed E-state index contributed by atoms with van der Waals surface area (Å²) in [5.41, 5.74) is -1.09. The lowest BCUT2D eigenvalue weighted by Gasteiger charge is -2.57. The highest BCUT2D eigenvalue weighted by Crippen LogP contribution is 2.59. The molecule has 0 radical (unpaired) electrons. The number of fused-ring (bicyclic) bond motifs is 3. The molecule has 6 atom stereocenters. The molecule has 5 heteroatoms. The van der Waals surface area contributed by atoms with E-state index in [1.807, 2.05) is 26.8 Å². The maximum absolute atomic E-state index is 12.0. The number of esters is 2. The molecular weight excluding hydrogens is 284 g/mol. The van der Waals surface area contributed by atoms with E-state index in [9.17, 15) is 14.7 Å². The van der Waals surface area contributed by atoms with Crippen molar-refractivity contribution in [2.45, 2.75) is 64.8 Å². The molecule has 0 aromatic carbocycles. The Morgan fingerprint density at radius 3 is 2.82 bits per heavy atom. The summed E-state index contributed by atoms with van der Waals surface area (Å²) in [6.07, 6.45) is 3.05. The van der Waals surface area contributed by atoms with Crippen molar-refractivity contribution < 1.29 is 24.2 Å². The molecule has 0 aromatic rings. The van der Waals surface area contributed by atoms with Crippen LogP contribution >= 0.6 is 0 Å². The lowest BCUT2D eigenvalue weighted by molar-refractivity contribution is -0.218. The standard InChI is InChI=1S/C17H24O5/c1-9-5-6-13(21-11(3)18)16(4)8-7-12-10(2)15(19)22-14(12)17(9,16)20/h5,10,12-14,20H,6-8H2,1-4H3. The SMILES string of the molecule is CC(=O)OC1CC=C(C)C2(O)C3OC(=O)C(C)C3CCC12C. The van der Waals surface area contributed by atoms with Gasteiger partial charge >= 0.3 is 11.9 Å². The van der Waals surface area contributed by atoms with E-state index in [0.717, 1.165) is 12.0 Å². The van der Waals surface area contributed by atoms with Crippen molar-refractivity contribution >= 4 is 11.9 Å². The summed E-state index contributed by atoms with van der Waals surface area (Å²) in [5, 5.41) is 11.6. The van der Waals surface area contributed by atoms with Crippen LogP contribution in [0.25, 0.3) is 0 Å². The van der Waals surface area contributed by atoms with Crippen LogP contribution in [0.2, 0.25) is 0 Å². The number of hydrogen-bond acceptors (Lipinski definition) is 5. The van der Waals surface area contributed by atoms with Crippen LogP contribution in [0.4, 0.5) is 0 Å². The van der Waals surface area contributed by atoms with Crippen molar-refractivity contribution in [2.24, 2.45) is 17.3 Å². The summed E-state index contributed by atoms with van der Waals surface area (Å²) in [7, 11) is 0. The molecule has 6 unspecified atom stereocenters. The van der Waals surface area contributed by atoms with E-state index in [1.165, 1.54) is 6.92 Å². The fraction of sp³-hybridized carbons (Fsp3) is 0.765. The molecule has 2 aliphatic carbocycles. The fourth-order valence-electron chi connectivity index (χ4n) is 4.69. The molecule has 122 valence electrons. The topological polar surface area (TPSA) is 72.8 Å². The number of carbonyl (C=O) groups excluding carboxylic acids is 2. The molecule has 1 heterocycles. The van der Waals surface area contributed by atoms with Gasteiger partial charge < -0.3 is 14.6 Å². The minimum absolute atomic E-state index is 0.0185. The van der Waals surface area contributed by atoms with Gasteiger partial charge in [-0.1, -0.05) is 19.9 Å². The van der Waals surface area contributed by atoms with Crippen molar-refractivity contribution in [3.63, 3.8) is 0 Å². The van der Waals surface area contributed by atoms with Crippen LogP contribution in [0.15, 0.2) is 11.6 Å². The third-order valence-electron chi connectivity index (χ3n) is 6.18. The first-order valence-electron chi connectivity index (χ1n) is 7.99. The third-order valence-corrected chi connectivity index (χ3v) is 6.18. The van der Waals surface area contributed by atoms with Crippen molar-refractivity contribution in [1.29, 1.82) is 0 Å². The highest BCUT2D eigenvalue weighted by molar-refractivity contribution is 5.75. The van der Waals surface area contributed by atoms with E-state index < -0.39 is 23.2 Å². The molecule has 2 fully saturated rings. The van der Waals surface area contributed by atoms with Crippen LogP contribution in [0, 0.1) is 17.3 Å². The average molecular weight is 308 g/mol. The van der Waals surface area contributed by atoms with E-state index >= 15 is 0 Å². The first-order chi connectivity index (χ1) is 10.2. The molecule has 1 saturated heterocycles. The van der Waals surface area contributed by atoms with Gasteiger partial charge in [0.05, 0.1) is 5.92 Å². The van der Waals surface area contributed by atoms with E-state index in [2.05, 4.69) is 0 Å². The predicted octanol–water partition coefficient (Wildman–Crippen LogP) is 1.98. The zero-order valence-electron chi connectivity index (χ0n) is 13.6. The smallest absolute Gasteiger partial charge is 0.309 e. The summed E-state index contributed by atoms with van der Waals surface area (Å²) < 4.78 is 11.1. The minimum atomic E-state index is -1.27. The summed E-state index contributed by atoms with van der Waals surface area (Å²) >= 11 is 0. The average Bonchev–Trinajstić information content (AvgIpc) is 2.73. The van der Waals surface area contributed by atoms with Crippen LogP contribution in [0.5, 0.6) is 0 Å². The van der Waals surface area contributed by atoms with Gasteiger partial charge in [-0.2, -0.15) is 0 Å². The van der Waals surface area contributed by atoms with Gasteiger partial charge in [-0.3, -0.25) is 9.59 Å². The molecule has 22 heavy (non-hydrogen) atoms. The van der Waals surface area contributed by atoms with Crippen LogP contribution < -0.4 is 0 Å². The Hall–Kier alpha value is -1.36. The Bertz CT molecular complexity index is 553. The summed E-state index contributed by atoms with van der Waals surface area (Å²) in [4.78, 5) is 23.4. The van der Waals surface area contributed by atoms with E-state index in [4.69, 9.17) is 9.47 Å². The molecule has 5 nitrogen and oxygen atoms in total. The Morgan fingerprint density at radius 1 is 1.50 bits per heavy atom. The van der Waals surface area contributed by atoms with Gasteiger partial charge in [-0.25, -0.2) is 0 Å². The first-order valence-corrected chi connectivity index (χ1v) is 7.99. The monoisotopic (exact) mass is 308 g/mol. The van der Waals surface area contributed by atoms with Crippen LogP contribution in [0.3, 0.4) is 0 Å². The summed E-state index contributed by atoms with van der Waals surface area (Å²) in [6.45, 7) is 7.08. The number of aliphatic hydroxyl groups is 1. The number of rotatable bonds is 1. The second-order valence-corrected chi connectivity index (χ2v) is 7.25. The summed E-state index contributed by atoms with van der Waals surface area (Å²) in [5.74, 6) is -0.763. The van der Waals surface area contributed by atoms with Gasteiger partial charge in [0.1, 0.15) is 17.8 Å². The molecule has 0 bridgehead atoms. The van der Waals surface area contributed by atoms with Gasteiger partial charge in [-0.05, 0) is 25.3 Å². The zero-order valence-corrected chi connectivity index (χ0v) is 13.6. The fourth-order valence-corrected chi connectivity index (χ4v) is 4.69. The molecule has 1 N–H and O–H groups in total. The Labute approximate surface area is 130 Å². The first kappa shape index (κ1) is 15.5. The molecular formula is C17H24O5. The molecule has 3 aliphatic rings. The normalized spacial score (nSPS) is 47.1. The maximum Gasteiger partial charge on any atom is 0.309 e. The lowest BCUT2D eigenvalue weighted by atomic mass is 9.52. The molecule has 3 rings (SSSR count). The van der Waals surface area contributed by atoms with Gasteiger partial charge in [-0.15, -0.1) is 0 Å². The predicted molar refractivity (Wildman–Crippen MR) is 78.8 cm³/mol. The quantitative estimate of drug-likeness (QED) is 0.592. The number of carbonyl (C=O) groups is 2. The molecule has 0 aromatic heterocycles. The van der Waals surface area contributed by atoms with Crippen LogP contribution in [-0.4, -0.2) is 34.9 Å². The zero-order chi connectivity index (χ0) is 16.3. The van der Waals surface area contributed by atoms with Crippen molar-refractivity contribution in [3.8, 4) is 0 Å². The van der Waals surface area contributed by atoms with Gasteiger partial charge in [0.25, 0.3) is 0 Å². The third kappa shape index (κ3) is 1.81. The Morgan fingerprint density at radius 2 is 2.18 bits per heavy atom. The molecule has 1 saturated carbocycles. The van der Waals surface area contributed by atoms with Gasteiger partial charge in [0, 0.05) is 24.7 Å². The molecule has 0 spiro atoms. The second-order valence-electron chi connectivity index (χ2n) is 7.25. The largest absolute Gasteiger partial charge is 0.462 e. The van der Waals surface area contributed by atoms with E-state index in [0.29, 0.717) is 12.8 Å². The van der Waals surface area contributed by atoms with Gasteiger partial charge in [0.15, 0.2) is 0 Å². The lowest BCUT2D eigenvalue weighted by Crippen LogP contribution is -2.66. The molecule has 1 aliphatic heterocycles. The highest BCUT2D eigenvalue weighted by Gasteiger charge is 2.67. The maximum atomic E-state index is 12.0. The second kappa shape index (κ2) is 4.82. The number of hydrogen-bond donors (Lipinski definition) is 1. The van der Waals surface area contributed by atoms with Crippen LogP contribution in [0.1, 0.15) is 47.0 Å². The number of ether oxygens (including phenoxy) is 2. The Kier molecular flexibility index (Phi) is 3.40. The van der Waals surface area contributed by atoms with Crippen molar-refractivity contribution in [2.75, 3.05) is 0 Å². The van der Waals surface area contributed by atoms with E-state index in [1.54, 1.807) is 0 Å². The van der Waals surface area contributed by atoms with Crippen molar-refractivity contribution in [1.82, 2.24) is 0 Å². The van der Waals surface area contributed by atoms with Crippen molar-refractivity contribution in [3.05, 3.63) is 11.6 Å². The highest BCUT2D eigenvalue weighted by atomic mass is 16.6. The summed E-state index contributed by atoms with van der Waals surface area (Å²) in [6, 6.07) is 0. The Balaban J connectivity index is 2.05. The van der Waals surface area contributed by atoms with Gasteiger partial charge in [0.2, 0.25) is 0 Å². The minimum Gasteiger partial charge on any atom is -0.462 e. The van der Waals surface area contributed by atoms with Crippen LogP contribution in [-0.2, 0) is 19.1 Å². The molecule has 0 amide bonds.